The summed E-state index contributed by atoms with van der Waals surface area (Å²) in [5.41, 5.74) is 3.81. The molecule has 1 saturated carbocycles. The molecule has 0 aromatic heterocycles. The Bertz CT molecular complexity index is 401. The topological polar surface area (TPSA) is 95.6 Å². The van der Waals surface area contributed by atoms with Gasteiger partial charge in [0.15, 0.2) is 0 Å². The van der Waals surface area contributed by atoms with Crippen molar-refractivity contribution in [3.8, 4) is 0 Å². The molecule has 156 valence electrons. The fourth-order valence-electron chi connectivity index (χ4n) is 3.99. The van der Waals surface area contributed by atoms with E-state index in [1.165, 1.54) is 32.1 Å². The number of hydrogen-bond acceptors (Lipinski definition) is 4. The van der Waals surface area contributed by atoms with Gasteiger partial charge < -0.3 is 21.3 Å². The zero-order valence-electron chi connectivity index (χ0n) is 17.0. The summed E-state index contributed by atoms with van der Waals surface area (Å²) >= 11 is 0. The molecule has 0 bridgehead atoms. The number of halogens is 1. The lowest BCUT2D eigenvalue weighted by atomic mass is 9.80. The van der Waals surface area contributed by atoms with E-state index in [0.29, 0.717) is 11.8 Å². The third-order valence-corrected chi connectivity index (χ3v) is 5.32. The average molecular weight is 393 g/mol. The van der Waals surface area contributed by atoms with Gasteiger partial charge in [0.05, 0.1) is 6.10 Å². The lowest BCUT2D eigenvalue weighted by molar-refractivity contribution is -0.142. The predicted molar refractivity (Wildman–Crippen MR) is 109 cm³/mol. The van der Waals surface area contributed by atoms with Crippen LogP contribution in [-0.4, -0.2) is 40.4 Å². The summed E-state index contributed by atoms with van der Waals surface area (Å²) in [7, 11) is 0. The summed E-state index contributed by atoms with van der Waals surface area (Å²) in [5.74, 6) is 0.484. The fourth-order valence-corrected chi connectivity index (χ4v) is 3.99. The van der Waals surface area contributed by atoms with Gasteiger partial charge >= 0.3 is 0 Å². The van der Waals surface area contributed by atoms with Crippen LogP contribution in [0.15, 0.2) is 0 Å². The third kappa shape index (κ3) is 9.03. The van der Waals surface area contributed by atoms with Crippen LogP contribution in [0.5, 0.6) is 0 Å². The van der Waals surface area contributed by atoms with E-state index in [1.807, 2.05) is 13.8 Å². The molecule has 1 fully saturated rings. The van der Waals surface area contributed by atoms with E-state index in [2.05, 4.69) is 19.2 Å². The third-order valence-electron chi connectivity index (χ3n) is 5.32. The number of nitrogens with one attached hydrogen (secondary N) is 1. The highest BCUT2D eigenvalue weighted by atomic mass is 35.5. The Kier molecular flexibility index (Phi) is 12.0. The zero-order chi connectivity index (χ0) is 19.0. The minimum atomic E-state index is -1.64. The van der Waals surface area contributed by atoms with Crippen molar-refractivity contribution in [1.82, 2.24) is 5.32 Å². The molecular weight excluding hydrogens is 352 g/mol. The number of carbonyl (C=O) groups is 1. The maximum atomic E-state index is 11.8. The van der Waals surface area contributed by atoms with Crippen LogP contribution in [0.2, 0.25) is 0 Å². The average Bonchev–Trinajstić information content (AvgIpc) is 2.51. The summed E-state index contributed by atoms with van der Waals surface area (Å²) in [4.78, 5) is 11.8. The van der Waals surface area contributed by atoms with E-state index in [1.54, 1.807) is 0 Å². The van der Waals surface area contributed by atoms with Gasteiger partial charge in [0.25, 0.3) is 0 Å². The van der Waals surface area contributed by atoms with Crippen LogP contribution >= 0.6 is 12.4 Å². The van der Waals surface area contributed by atoms with E-state index < -0.39 is 17.6 Å². The smallest absolute Gasteiger partial charge is 0.249 e. The van der Waals surface area contributed by atoms with Gasteiger partial charge in [-0.1, -0.05) is 59.8 Å². The summed E-state index contributed by atoms with van der Waals surface area (Å²) in [6.07, 6.45) is 6.63. The first kappa shape index (κ1) is 25.6. The summed E-state index contributed by atoms with van der Waals surface area (Å²) in [6.45, 7) is 8.96. The molecule has 0 spiro atoms. The predicted octanol–water partition coefficient (Wildman–Crippen LogP) is 3.01. The number of primary amides is 1. The molecule has 1 amide bonds. The highest BCUT2D eigenvalue weighted by Gasteiger charge is 2.39. The first-order chi connectivity index (χ1) is 11.6. The van der Waals surface area contributed by atoms with Crippen LogP contribution in [0, 0.1) is 17.8 Å². The lowest BCUT2D eigenvalue weighted by Gasteiger charge is -2.35. The molecule has 5 N–H and O–H groups in total. The molecule has 5 nitrogen and oxygen atoms in total. The highest BCUT2D eigenvalue weighted by molar-refractivity contribution is 5.85. The van der Waals surface area contributed by atoms with Gasteiger partial charge in [0.2, 0.25) is 5.91 Å². The Balaban J connectivity index is 0.00000625. The summed E-state index contributed by atoms with van der Waals surface area (Å²) < 4.78 is 0. The van der Waals surface area contributed by atoms with Gasteiger partial charge in [-0.15, -0.1) is 12.4 Å². The SMILES string of the molecule is CC(C)CN[C@@H](CC1CCCCC1)[C@@H](O)C[C@@](O)(CC(C)C)C(N)=O.Cl. The molecule has 0 aliphatic heterocycles. The van der Waals surface area contributed by atoms with Crippen LogP contribution in [0.1, 0.15) is 79.1 Å². The van der Waals surface area contributed by atoms with Crippen molar-refractivity contribution < 1.29 is 15.0 Å². The first-order valence-electron chi connectivity index (χ1n) is 10.1. The van der Waals surface area contributed by atoms with Crippen molar-refractivity contribution in [3.05, 3.63) is 0 Å². The van der Waals surface area contributed by atoms with Gasteiger partial charge in [-0.2, -0.15) is 0 Å². The quantitative estimate of drug-likeness (QED) is 0.434. The van der Waals surface area contributed by atoms with E-state index in [4.69, 9.17) is 5.73 Å². The first-order valence-corrected chi connectivity index (χ1v) is 10.1. The Morgan fingerprint density at radius 3 is 2.15 bits per heavy atom. The standard InChI is InChI=1S/C20H40N2O3.ClH/c1-14(2)11-20(25,19(21)24)12-18(23)17(22-13-15(3)4)10-16-8-6-5-7-9-16;/h14-18,22-23,25H,5-13H2,1-4H3,(H2,21,24);1H/t17-,18-,20-;/m0./s1. The number of rotatable bonds is 11. The summed E-state index contributed by atoms with van der Waals surface area (Å²) in [5, 5.41) is 25.0. The highest BCUT2D eigenvalue weighted by Crippen LogP contribution is 2.30. The zero-order valence-corrected chi connectivity index (χ0v) is 17.9. The number of nitrogens with two attached hydrogens (primary N) is 1. The molecule has 1 aliphatic rings. The maximum Gasteiger partial charge on any atom is 0.249 e. The minimum absolute atomic E-state index is 0. The van der Waals surface area contributed by atoms with Crippen LogP contribution in [-0.2, 0) is 4.79 Å². The van der Waals surface area contributed by atoms with Crippen molar-refractivity contribution in [1.29, 1.82) is 0 Å². The number of hydrogen-bond donors (Lipinski definition) is 4. The molecule has 0 aromatic rings. The monoisotopic (exact) mass is 392 g/mol. The van der Waals surface area contributed by atoms with Crippen molar-refractivity contribution >= 4 is 18.3 Å². The number of carbonyl (C=O) groups excluding carboxylic acids is 1. The van der Waals surface area contributed by atoms with Crippen molar-refractivity contribution in [3.63, 3.8) is 0 Å². The maximum absolute atomic E-state index is 11.8. The Labute approximate surface area is 165 Å². The molecule has 3 atom stereocenters. The molecule has 1 aliphatic carbocycles. The minimum Gasteiger partial charge on any atom is -0.391 e. The Morgan fingerprint density at radius 2 is 1.69 bits per heavy atom. The lowest BCUT2D eigenvalue weighted by Crippen LogP contribution is -2.52. The molecule has 6 heteroatoms. The van der Waals surface area contributed by atoms with E-state index >= 15 is 0 Å². The van der Waals surface area contributed by atoms with Gasteiger partial charge in [-0.05, 0) is 37.1 Å². The number of aliphatic hydroxyl groups is 2. The van der Waals surface area contributed by atoms with Crippen LogP contribution in [0.25, 0.3) is 0 Å². The molecule has 0 heterocycles. The summed E-state index contributed by atoms with van der Waals surface area (Å²) in [6, 6.07) is -0.108. The largest absolute Gasteiger partial charge is 0.391 e. The second-order valence-corrected chi connectivity index (χ2v) is 8.91. The second kappa shape index (κ2) is 12.2. The van der Waals surface area contributed by atoms with Gasteiger partial charge in [-0.25, -0.2) is 0 Å². The molecule has 0 aromatic carbocycles. The second-order valence-electron chi connectivity index (χ2n) is 8.91. The number of amides is 1. The molecule has 0 unspecified atom stereocenters. The van der Waals surface area contributed by atoms with Crippen molar-refractivity contribution in [2.75, 3.05) is 6.54 Å². The van der Waals surface area contributed by atoms with Crippen molar-refractivity contribution in [2.24, 2.45) is 23.5 Å². The van der Waals surface area contributed by atoms with E-state index in [0.717, 1.165) is 13.0 Å². The fraction of sp³-hybridized carbons (Fsp3) is 0.950. The van der Waals surface area contributed by atoms with Crippen LogP contribution in [0.4, 0.5) is 0 Å². The molecule has 26 heavy (non-hydrogen) atoms. The van der Waals surface area contributed by atoms with Gasteiger partial charge in [-0.3, -0.25) is 4.79 Å². The normalized spacial score (nSPS) is 20.5. The molecule has 1 rings (SSSR count). The van der Waals surface area contributed by atoms with E-state index in [9.17, 15) is 15.0 Å². The number of aliphatic hydroxyl groups excluding tert-OH is 1. The van der Waals surface area contributed by atoms with Crippen LogP contribution < -0.4 is 11.1 Å². The Hall–Kier alpha value is -0.360. The molecule has 0 radical (unpaired) electrons. The van der Waals surface area contributed by atoms with Crippen molar-refractivity contribution in [2.45, 2.75) is 96.8 Å². The van der Waals surface area contributed by atoms with Crippen LogP contribution in [0.3, 0.4) is 0 Å². The van der Waals surface area contributed by atoms with E-state index in [-0.39, 0.29) is 37.2 Å². The molecular formula is C20H41ClN2O3. The van der Waals surface area contributed by atoms with Gasteiger partial charge in [0.1, 0.15) is 5.60 Å². The Morgan fingerprint density at radius 1 is 1.12 bits per heavy atom. The van der Waals surface area contributed by atoms with Gasteiger partial charge in [0, 0.05) is 12.5 Å². The molecule has 0 saturated heterocycles.